The molecule has 0 fully saturated rings. The summed E-state index contributed by atoms with van der Waals surface area (Å²) in [7, 11) is -3.86. The smallest absolute Gasteiger partial charge is 0.296 e. The van der Waals surface area contributed by atoms with Gasteiger partial charge in [0.05, 0.1) is 11.7 Å². The fourth-order valence-corrected chi connectivity index (χ4v) is 1.62. The number of halogens is 2. The average molecular weight is 265 g/mol. The van der Waals surface area contributed by atoms with Gasteiger partial charge in [0.1, 0.15) is 0 Å². The maximum Gasteiger partial charge on any atom is 0.296 e. The summed E-state index contributed by atoms with van der Waals surface area (Å²) in [5.41, 5.74) is 0.588. The minimum atomic E-state index is -3.86. The van der Waals surface area contributed by atoms with E-state index in [2.05, 4.69) is 5.32 Å². The quantitative estimate of drug-likeness (QED) is 0.751. The largest absolute Gasteiger partial charge is 0.377 e. The Kier molecular flexibility index (Phi) is 4.24. The summed E-state index contributed by atoms with van der Waals surface area (Å²) in [5.74, 6) is 0. The lowest BCUT2D eigenvalue weighted by molar-refractivity contribution is 0.131. The lowest BCUT2D eigenvalue weighted by atomic mass is 10.2. The first-order valence-corrected chi connectivity index (χ1v) is 6.28. The van der Waals surface area contributed by atoms with Gasteiger partial charge in [-0.15, -0.1) is 0 Å². The summed E-state index contributed by atoms with van der Waals surface area (Å²) in [6.07, 6.45) is -2.51. The molecule has 0 spiro atoms. The van der Waals surface area contributed by atoms with E-state index in [9.17, 15) is 17.2 Å². The van der Waals surface area contributed by atoms with Crippen LogP contribution in [0.2, 0.25) is 0 Å². The Balaban J connectivity index is 2.79. The molecule has 0 aliphatic rings. The van der Waals surface area contributed by atoms with Crippen molar-refractivity contribution in [2.45, 2.75) is 19.4 Å². The van der Waals surface area contributed by atoms with Crippen molar-refractivity contribution in [1.82, 2.24) is 0 Å². The second kappa shape index (κ2) is 5.28. The van der Waals surface area contributed by atoms with Crippen molar-refractivity contribution >= 4 is 21.6 Å². The van der Waals surface area contributed by atoms with Gasteiger partial charge < -0.3 is 5.32 Å². The van der Waals surface area contributed by atoms with Gasteiger partial charge in [-0.1, -0.05) is 6.07 Å². The van der Waals surface area contributed by atoms with E-state index in [0.29, 0.717) is 5.69 Å². The Morgan fingerprint density at radius 2 is 1.88 bits per heavy atom. The van der Waals surface area contributed by atoms with Crippen molar-refractivity contribution in [3.05, 3.63) is 24.3 Å². The molecular weight excluding hydrogens is 252 g/mol. The van der Waals surface area contributed by atoms with E-state index in [1.54, 1.807) is 6.07 Å². The van der Waals surface area contributed by atoms with Gasteiger partial charge in [-0.2, -0.15) is 8.42 Å². The van der Waals surface area contributed by atoms with E-state index in [-0.39, 0.29) is 5.69 Å². The first-order valence-electron chi connectivity index (χ1n) is 4.73. The van der Waals surface area contributed by atoms with Crippen LogP contribution in [0.1, 0.15) is 6.92 Å². The van der Waals surface area contributed by atoms with E-state index >= 15 is 0 Å². The van der Waals surface area contributed by atoms with Gasteiger partial charge in [-0.25, -0.2) is 13.9 Å². The van der Waals surface area contributed by atoms with Crippen molar-refractivity contribution < 1.29 is 17.2 Å². The molecule has 1 rings (SSSR count). The fourth-order valence-electron chi connectivity index (χ4n) is 1.16. The zero-order valence-corrected chi connectivity index (χ0v) is 9.84. The maximum absolute atomic E-state index is 12.3. The predicted octanol–water partition coefficient (Wildman–Crippen LogP) is 1.37. The molecule has 0 heterocycles. The van der Waals surface area contributed by atoms with Gasteiger partial charge in [0.25, 0.3) is 16.6 Å². The third-order valence-corrected chi connectivity index (χ3v) is 2.42. The Hall–Kier alpha value is -1.41. The Labute approximate surface area is 98.2 Å². The second-order valence-corrected chi connectivity index (χ2v) is 4.79. The molecule has 0 aromatic heterocycles. The van der Waals surface area contributed by atoms with E-state index in [1.165, 1.54) is 25.1 Å². The van der Waals surface area contributed by atoms with Gasteiger partial charge in [0, 0.05) is 5.69 Å². The number of alkyl halides is 2. The number of hydrogen-bond donors (Lipinski definition) is 3. The third kappa shape index (κ3) is 4.96. The molecule has 96 valence electrons. The lowest BCUT2D eigenvalue weighted by Gasteiger charge is -2.14. The third-order valence-electron chi connectivity index (χ3n) is 1.89. The Morgan fingerprint density at radius 1 is 1.29 bits per heavy atom. The molecule has 0 amide bonds. The molecule has 8 heteroatoms. The summed E-state index contributed by atoms with van der Waals surface area (Å²) >= 11 is 0. The number of benzene rings is 1. The van der Waals surface area contributed by atoms with Crippen LogP contribution in [0.25, 0.3) is 0 Å². The molecule has 0 saturated heterocycles. The molecule has 0 saturated carbocycles. The Morgan fingerprint density at radius 3 is 2.41 bits per heavy atom. The predicted molar refractivity (Wildman–Crippen MR) is 62.3 cm³/mol. The van der Waals surface area contributed by atoms with Crippen molar-refractivity contribution in [1.29, 1.82) is 0 Å². The molecule has 1 unspecified atom stereocenters. The molecule has 1 atom stereocenters. The van der Waals surface area contributed by atoms with Gasteiger partial charge in [-0.3, -0.25) is 4.72 Å². The lowest BCUT2D eigenvalue weighted by Crippen LogP contribution is -2.24. The van der Waals surface area contributed by atoms with Gasteiger partial charge in [0.15, 0.2) is 0 Å². The summed E-state index contributed by atoms with van der Waals surface area (Å²) < 4.78 is 48.2. The molecule has 0 radical (unpaired) electrons. The van der Waals surface area contributed by atoms with Gasteiger partial charge in [0.2, 0.25) is 0 Å². The highest BCUT2D eigenvalue weighted by Crippen LogP contribution is 2.17. The van der Waals surface area contributed by atoms with Crippen LogP contribution >= 0.6 is 0 Å². The summed E-state index contributed by atoms with van der Waals surface area (Å²) in [4.78, 5) is 0. The van der Waals surface area contributed by atoms with Crippen LogP contribution in [-0.2, 0) is 10.2 Å². The molecular formula is C9H13F2N3O2S. The van der Waals surface area contributed by atoms with Crippen LogP contribution in [0.5, 0.6) is 0 Å². The first kappa shape index (κ1) is 13.7. The van der Waals surface area contributed by atoms with Crippen LogP contribution in [0, 0.1) is 0 Å². The van der Waals surface area contributed by atoms with Crippen LogP contribution in [0.4, 0.5) is 20.2 Å². The molecule has 0 bridgehead atoms. The second-order valence-electron chi connectivity index (χ2n) is 3.50. The molecule has 5 nitrogen and oxygen atoms in total. The highest BCUT2D eigenvalue weighted by Gasteiger charge is 2.14. The van der Waals surface area contributed by atoms with Crippen LogP contribution in [0.3, 0.4) is 0 Å². The molecule has 4 N–H and O–H groups in total. The average Bonchev–Trinajstić information content (AvgIpc) is 2.15. The van der Waals surface area contributed by atoms with Crippen LogP contribution in [-0.4, -0.2) is 20.9 Å². The Bertz CT molecular complexity index is 479. The highest BCUT2D eigenvalue weighted by atomic mass is 32.2. The number of rotatable bonds is 5. The van der Waals surface area contributed by atoms with Crippen molar-refractivity contribution in [2.75, 3.05) is 10.0 Å². The van der Waals surface area contributed by atoms with E-state index < -0.39 is 22.7 Å². The van der Waals surface area contributed by atoms with E-state index in [4.69, 9.17) is 5.14 Å². The van der Waals surface area contributed by atoms with Gasteiger partial charge in [-0.05, 0) is 25.1 Å². The number of hydrogen-bond acceptors (Lipinski definition) is 3. The first-order chi connectivity index (χ1) is 7.78. The molecule has 1 aromatic rings. The zero-order chi connectivity index (χ0) is 13.1. The maximum atomic E-state index is 12.3. The van der Waals surface area contributed by atoms with E-state index in [1.807, 2.05) is 4.72 Å². The number of nitrogens with one attached hydrogen (secondary N) is 2. The zero-order valence-electron chi connectivity index (χ0n) is 9.02. The van der Waals surface area contributed by atoms with Crippen molar-refractivity contribution in [2.24, 2.45) is 5.14 Å². The summed E-state index contributed by atoms with van der Waals surface area (Å²) in [6, 6.07) is 4.88. The highest BCUT2D eigenvalue weighted by molar-refractivity contribution is 7.90. The topological polar surface area (TPSA) is 84.2 Å². The van der Waals surface area contributed by atoms with Gasteiger partial charge >= 0.3 is 0 Å². The summed E-state index contributed by atoms with van der Waals surface area (Å²) in [6.45, 7) is 1.32. The minimum absolute atomic E-state index is 0.207. The normalized spacial score (nSPS) is 13.5. The fraction of sp³-hybridized carbons (Fsp3) is 0.333. The number of nitrogens with two attached hydrogens (primary N) is 1. The minimum Gasteiger partial charge on any atom is -0.377 e. The SMILES string of the molecule is CC(Nc1cccc(NS(N)(=O)=O)c1)C(F)F. The monoisotopic (exact) mass is 265 g/mol. The molecule has 0 aliphatic carbocycles. The van der Waals surface area contributed by atoms with Crippen LogP contribution < -0.4 is 15.2 Å². The number of anilines is 2. The van der Waals surface area contributed by atoms with Crippen LogP contribution in [0.15, 0.2) is 24.3 Å². The summed E-state index contributed by atoms with van der Waals surface area (Å²) in [5, 5.41) is 7.33. The molecule has 0 aliphatic heterocycles. The van der Waals surface area contributed by atoms with E-state index in [0.717, 1.165) is 0 Å². The molecule has 1 aromatic carbocycles. The molecule has 17 heavy (non-hydrogen) atoms. The van der Waals surface area contributed by atoms with Crippen molar-refractivity contribution in [3.63, 3.8) is 0 Å². The standard InChI is InChI=1S/C9H13F2N3O2S/c1-6(9(10)11)13-7-3-2-4-8(5-7)14-17(12,15)16/h2-6,9,13-14H,1H3,(H2,12,15,16). The van der Waals surface area contributed by atoms with Crippen molar-refractivity contribution in [3.8, 4) is 0 Å².